The maximum absolute atomic E-state index is 9.38. The molecule has 0 saturated carbocycles. The van der Waals surface area contributed by atoms with Gasteiger partial charge in [-0.05, 0) is 24.6 Å². The van der Waals surface area contributed by atoms with Gasteiger partial charge in [0.1, 0.15) is 12.4 Å². The van der Waals surface area contributed by atoms with Crippen LogP contribution in [-0.4, -0.2) is 41.5 Å². The Kier molecular flexibility index (Phi) is 4.68. The van der Waals surface area contributed by atoms with Crippen LogP contribution in [0.15, 0.2) is 36.9 Å². The topological polar surface area (TPSA) is 107 Å². The number of hydrogen-bond donors (Lipinski definition) is 0. The number of rotatable bonds is 6. The Balaban J connectivity index is 1.79. The fourth-order valence-corrected chi connectivity index (χ4v) is 3.15. The number of ether oxygens (including phenoxy) is 1. The number of nitrogens with zero attached hydrogens (tertiary/aromatic N) is 8. The third-order valence-corrected chi connectivity index (χ3v) is 4.41. The Hall–Kier alpha value is -3.80. The van der Waals surface area contributed by atoms with Gasteiger partial charge in [-0.15, -0.1) is 5.10 Å². The average molecular weight is 374 g/mol. The van der Waals surface area contributed by atoms with Crippen molar-refractivity contribution in [3.05, 3.63) is 59.4 Å². The molecule has 0 amide bonds. The number of pyridine rings is 1. The zero-order valence-electron chi connectivity index (χ0n) is 15.6. The predicted octanol–water partition coefficient (Wildman–Crippen LogP) is 2.13. The van der Waals surface area contributed by atoms with Crippen molar-refractivity contribution in [2.75, 3.05) is 7.11 Å². The highest BCUT2D eigenvalue weighted by Crippen LogP contribution is 2.21. The summed E-state index contributed by atoms with van der Waals surface area (Å²) in [6, 6.07) is 7.84. The van der Waals surface area contributed by atoms with E-state index >= 15 is 0 Å². The number of methoxy groups -OCH3 is 1. The SMILES string of the molecule is CCCc1c(Cc2ccnn2-c2ncccc2C#N)ncn2nc(OC)nc12. The van der Waals surface area contributed by atoms with E-state index in [-0.39, 0.29) is 0 Å². The Labute approximate surface area is 161 Å². The first kappa shape index (κ1) is 17.6. The van der Waals surface area contributed by atoms with E-state index in [1.807, 2.05) is 6.07 Å². The summed E-state index contributed by atoms with van der Waals surface area (Å²) in [4.78, 5) is 13.4. The van der Waals surface area contributed by atoms with Gasteiger partial charge in [-0.3, -0.25) is 0 Å². The van der Waals surface area contributed by atoms with Crippen LogP contribution in [0.3, 0.4) is 0 Å². The monoisotopic (exact) mass is 374 g/mol. The summed E-state index contributed by atoms with van der Waals surface area (Å²) in [6.45, 7) is 2.11. The summed E-state index contributed by atoms with van der Waals surface area (Å²) in [6.07, 6.45) is 7.28. The molecule has 4 aromatic rings. The summed E-state index contributed by atoms with van der Waals surface area (Å²) in [5.41, 5.74) is 4.00. The van der Waals surface area contributed by atoms with Crippen molar-refractivity contribution in [3.8, 4) is 17.9 Å². The normalized spacial score (nSPS) is 10.9. The summed E-state index contributed by atoms with van der Waals surface area (Å²) in [5, 5.41) is 18.0. The lowest BCUT2D eigenvalue weighted by Gasteiger charge is -2.11. The van der Waals surface area contributed by atoms with E-state index in [0.717, 1.165) is 35.4 Å². The van der Waals surface area contributed by atoms with Crippen LogP contribution in [0, 0.1) is 11.3 Å². The third kappa shape index (κ3) is 3.05. The minimum Gasteiger partial charge on any atom is -0.466 e. The Bertz CT molecular complexity index is 1170. The number of aromatic nitrogens is 7. The quantitative estimate of drug-likeness (QED) is 0.509. The predicted molar refractivity (Wildman–Crippen MR) is 100 cm³/mol. The van der Waals surface area contributed by atoms with Gasteiger partial charge in [-0.2, -0.15) is 19.9 Å². The van der Waals surface area contributed by atoms with E-state index in [0.29, 0.717) is 23.8 Å². The second-order valence-corrected chi connectivity index (χ2v) is 6.18. The third-order valence-electron chi connectivity index (χ3n) is 4.41. The van der Waals surface area contributed by atoms with Crippen LogP contribution in [-0.2, 0) is 12.8 Å². The molecule has 0 unspecified atom stereocenters. The van der Waals surface area contributed by atoms with E-state index in [1.54, 1.807) is 47.2 Å². The van der Waals surface area contributed by atoms with E-state index in [2.05, 4.69) is 38.1 Å². The zero-order valence-corrected chi connectivity index (χ0v) is 15.6. The molecule has 0 fully saturated rings. The summed E-state index contributed by atoms with van der Waals surface area (Å²) < 4.78 is 8.48. The standard InChI is InChI=1S/C19H18N8O/c1-3-5-15-16(22-12-26-18(15)24-19(25-26)28-2)10-14-7-9-23-27(14)17-13(11-20)6-4-8-21-17/h4,6-9,12H,3,5,10H2,1-2H3. The van der Waals surface area contributed by atoms with E-state index < -0.39 is 0 Å². The van der Waals surface area contributed by atoms with Gasteiger partial charge in [-0.25, -0.2) is 14.6 Å². The van der Waals surface area contributed by atoms with Crippen LogP contribution in [0.2, 0.25) is 0 Å². The van der Waals surface area contributed by atoms with Crippen molar-refractivity contribution < 1.29 is 4.74 Å². The molecule has 140 valence electrons. The first-order chi connectivity index (χ1) is 13.7. The van der Waals surface area contributed by atoms with E-state index in [4.69, 9.17) is 4.74 Å². The number of fused-ring (bicyclic) bond motifs is 1. The zero-order chi connectivity index (χ0) is 19.5. The van der Waals surface area contributed by atoms with Gasteiger partial charge in [0.2, 0.25) is 0 Å². The van der Waals surface area contributed by atoms with Crippen molar-refractivity contribution in [3.63, 3.8) is 0 Å². The maximum atomic E-state index is 9.38. The van der Waals surface area contributed by atoms with Gasteiger partial charge < -0.3 is 4.74 Å². The van der Waals surface area contributed by atoms with Crippen LogP contribution in [0.1, 0.15) is 35.9 Å². The van der Waals surface area contributed by atoms with E-state index in [1.165, 1.54) is 0 Å². The van der Waals surface area contributed by atoms with Crippen molar-refractivity contribution >= 4 is 5.65 Å². The fraction of sp³-hybridized carbons (Fsp3) is 0.263. The fourth-order valence-electron chi connectivity index (χ4n) is 3.15. The molecule has 0 saturated heterocycles. The summed E-state index contributed by atoms with van der Waals surface area (Å²) in [5.74, 6) is 0.507. The minimum absolute atomic E-state index is 0.313. The van der Waals surface area contributed by atoms with Crippen LogP contribution < -0.4 is 4.74 Å². The molecule has 0 bridgehead atoms. The van der Waals surface area contributed by atoms with E-state index in [9.17, 15) is 5.26 Å². The molecular weight excluding hydrogens is 356 g/mol. The highest BCUT2D eigenvalue weighted by molar-refractivity contribution is 5.51. The Morgan fingerprint density at radius 3 is 2.89 bits per heavy atom. The largest absolute Gasteiger partial charge is 0.466 e. The molecule has 0 aliphatic carbocycles. The van der Waals surface area contributed by atoms with Gasteiger partial charge in [0.25, 0.3) is 0 Å². The van der Waals surface area contributed by atoms with Gasteiger partial charge in [0.05, 0.1) is 24.1 Å². The first-order valence-corrected chi connectivity index (χ1v) is 8.90. The Morgan fingerprint density at radius 1 is 1.21 bits per heavy atom. The molecule has 9 heteroatoms. The maximum Gasteiger partial charge on any atom is 0.336 e. The molecule has 0 radical (unpaired) electrons. The minimum atomic E-state index is 0.313. The highest BCUT2D eigenvalue weighted by Gasteiger charge is 2.17. The molecule has 28 heavy (non-hydrogen) atoms. The van der Waals surface area contributed by atoms with Crippen LogP contribution in [0.25, 0.3) is 11.5 Å². The van der Waals surface area contributed by atoms with Crippen LogP contribution in [0.5, 0.6) is 6.01 Å². The van der Waals surface area contributed by atoms with Crippen molar-refractivity contribution in [1.82, 2.24) is 34.3 Å². The Morgan fingerprint density at radius 2 is 2.11 bits per heavy atom. The smallest absolute Gasteiger partial charge is 0.336 e. The highest BCUT2D eigenvalue weighted by atomic mass is 16.5. The molecule has 0 aromatic carbocycles. The lowest BCUT2D eigenvalue weighted by molar-refractivity contribution is 0.380. The van der Waals surface area contributed by atoms with Gasteiger partial charge in [0, 0.05) is 24.4 Å². The average Bonchev–Trinajstić information content (AvgIpc) is 3.36. The molecule has 9 nitrogen and oxygen atoms in total. The van der Waals surface area contributed by atoms with Crippen LogP contribution in [0.4, 0.5) is 0 Å². The number of aryl methyl sites for hydroxylation is 1. The number of hydrogen-bond acceptors (Lipinski definition) is 7. The molecule has 4 heterocycles. The lowest BCUT2D eigenvalue weighted by atomic mass is 10.1. The second kappa shape index (κ2) is 7.44. The molecule has 0 N–H and O–H groups in total. The summed E-state index contributed by atoms with van der Waals surface area (Å²) >= 11 is 0. The van der Waals surface area contributed by atoms with Crippen molar-refractivity contribution in [2.24, 2.45) is 0 Å². The summed E-state index contributed by atoms with van der Waals surface area (Å²) in [7, 11) is 1.54. The van der Waals surface area contributed by atoms with Gasteiger partial charge in [-0.1, -0.05) is 13.3 Å². The van der Waals surface area contributed by atoms with Gasteiger partial charge >= 0.3 is 6.01 Å². The van der Waals surface area contributed by atoms with Crippen molar-refractivity contribution in [1.29, 1.82) is 5.26 Å². The molecule has 0 aliphatic rings. The van der Waals surface area contributed by atoms with Gasteiger partial charge in [0.15, 0.2) is 11.5 Å². The molecule has 0 spiro atoms. The molecule has 0 aliphatic heterocycles. The van der Waals surface area contributed by atoms with Crippen LogP contribution >= 0.6 is 0 Å². The van der Waals surface area contributed by atoms with Crippen molar-refractivity contribution in [2.45, 2.75) is 26.2 Å². The lowest BCUT2D eigenvalue weighted by Crippen LogP contribution is -2.10. The molecular formula is C19H18N8O. The molecule has 4 rings (SSSR count). The number of nitriles is 1. The molecule has 0 atom stereocenters. The first-order valence-electron chi connectivity index (χ1n) is 8.90. The second-order valence-electron chi connectivity index (χ2n) is 6.18. The molecule has 4 aromatic heterocycles.